The van der Waals surface area contributed by atoms with Crippen molar-refractivity contribution in [3.05, 3.63) is 129 Å². The highest BCUT2D eigenvalue weighted by molar-refractivity contribution is 6.46. The van der Waals surface area contributed by atoms with Gasteiger partial charge in [-0.15, -0.1) is 0 Å². The number of nitrogens with zero attached hydrogens (tertiary/aromatic N) is 2. The average Bonchev–Trinajstić information content (AvgIpc) is 3.25. The largest absolute Gasteiger partial charge is 0.460 e. The van der Waals surface area contributed by atoms with Gasteiger partial charge in [-0.1, -0.05) is 110 Å². The zero-order valence-electron chi connectivity index (χ0n) is 37.2. The Morgan fingerprint density at radius 1 is 0.388 bits per heavy atom. The predicted molar refractivity (Wildman–Crippen MR) is 239 cm³/mol. The summed E-state index contributed by atoms with van der Waals surface area (Å²) in [6.07, 6.45) is -7.17. The Morgan fingerprint density at radius 2 is 0.731 bits per heavy atom. The summed E-state index contributed by atoms with van der Waals surface area (Å²) < 4.78 is 137. The van der Waals surface area contributed by atoms with Crippen LogP contribution in [0.15, 0.2) is 78.9 Å². The molecule has 0 fully saturated rings. The number of amides is 4. The SMILES string of the molecule is CC(C)c1cccc(C(C)C)c1N1C(=O)c2ccc3c4ccc5c6c(cc(C(F)(F)C(F)(F)C(F)(F)C(F)(F)F)c(c7ccc(c2c37)C1=O)c64)C(=O)N(c1c(C(C)C)cccc1C(C)C)C5=O. The molecule has 0 atom stereocenters. The minimum atomic E-state index is -7.31. The van der Waals surface area contributed by atoms with Crippen LogP contribution in [0.1, 0.15) is 148 Å². The fourth-order valence-electron chi connectivity index (χ4n) is 10.1. The smallest absolute Gasteiger partial charge is 0.268 e. The first kappa shape index (κ1) is 45.6. The Bertz CT molecular complexity index is 3260. The Kier molecular flexibility index (Phi) is 10.0. The molecule has 2 aliphatic heterocycles. The topological polar surface area (TPSA) is 74.8 Å². The van der Waals surface area contributed by atoms with Crippen molar-refractivity contribution in [1.82, 2.24) is 0 Å². The van der Waals surface area contributed by atoms with E-state index in [1.54, 1.807) is 64.1 Å². The van der Waals surface area contributed by atoms with Gasteiger partial charge in [-0.2, -0.15) is 39.5 Å². The van der Waals surface area contributed by atoms with E-state index < -0.39 is 74.9 Å². The summed E-state index contributed by atoms with van der Waals surface area (Å²) in [4.78, 5) is 61.1. The normalized spacial score (nSPS) is 15.2. The molecule has 0 bridgehead atoms. The van der Waals surface area contributed by atoms with Crippen LogP contribution in [0.4, 0.5) is 50.9 Å². The molecule has 67 heavy (non-hydrogen) atoms. The van der Waals surface area contributed by atoms with Crippen molar-refractivity contribution in [2.45, 2.75) is 103 Å². The molecule has 7 aromatic carbocycles. The number of hydrogen-bond donors (Lipinski definition) is 0. The van der Waals surface area contributed by atoms with Crippen LogP contribution in [0.5, 0.6) is 0 Å². The van der Waals surface area contributed by atoms with Crippen LogP contribution in [-0.2, 0) is 5.92 Å². The van der Waals surface area contributed by atoms with Crippen molar-refractivity contribution in [3.63, 3.8) is 0 Å². The third-order valence-corrected chi connectivity index (χ3v) is 13.4. The predicted octanol–water partition coefficient (Wildman–Crippen LogP) is 14.8. The molecule has 2 aliphatic rings. The molecule has 0 aliphatic carbocycles. The lowest BCUT2D eigenvalue weighted by atomic mass is 9.78. The summed E-state index contributed by atoms with van der Waals surface area (Å²) in [6, 6.07) is 18.1. The van der Waals surface area contributed by atoms with Crippen molar-refractivity contribution in [2.24, 2.45) is 0 Å². The van der Waals surface area contributed by atoms with Crippen molar-refractivity contribution < 1.29 is 58.7 Å². The molecule has 0 spiro atoms. The number of carbonyl (C=O) groups is 4. The second-order valence-corrected chi connectivity index (χ2v) is 18.6. The highest BCUT2D eigenvalue weighted by Crippen LogP contribution is 2.60. The van der Waals surface area contributed by atoms with Gasteiger partial charge in [0.15, 0.2) is 0 Å². The molecule has 0 N–H and O–H groups in total. The number of hydrogen-bond acceptors (Lipinski definition) is 4. The monoisotopic (exact) mass is 928 g/mol. The number of alkyl halides is 9. The molecule has 7 aromatic rings. The first-order chi connectivity index (χ1) is 31.2. The van der Waals surface area contributed by atoms with Gasteiger partial charge < -0.3 is 0 Å². The molecule has 0 radical (unpaired) electrons. The maximum atomic E-state index is 17.0. The standard InChI is InChI=1S/C52H41F9N2O4/c1-22(2)26-11-9-12-27(23(3)4)43(26)62-45(64)33-18-15-30-31-16-19-35-40-36(48(67)63(47(35)66)44-28(24(5)6)13-10-14-29(44)25(7)8)21-37(49(53,54)50(55,56)51(57,58)52(59,60)61)41(42(31)40)32-17-20-34(46(62)65)39(33)38(30)32/h9-25H,1-8H3. The van der Waals surface area contributed by atoms with Crippen LogP contribution in [0.3, 0.4) is 0 Å². The zero-order chi connectivity index (χ0) is 48.9. The number of benzene rings is 7. The lowest BCUT2D eigenvalue weighted by Gasteiger charge is -2.36. The number of halogens is 9. The molecule has 9 rings (SSSR count). The van der Waals surface area contributed by atoms with E-state index in [2.05, 4.69) is 0 Å². The lowest BCUT2D eigenvalue weighted by Crippen LogP contribution is -2.59. The van der Waals surface area contributed by atoms with Gasteiger partial charge in [0.2, 0.25) is 0 Å². The molecule has 0 aromatic heterocycles. The van der Waals surface area contributed by atoms with Gasteiger partial charge in [-0.3, -0.25) is 19.2 Å². The van der Waals surface area contributed by atoms with E-state index >= 15 is 17.6 Å². The summed E-state index contributed by atoms with van der Waals surface area (Å²) in [5.41, 5.74) is -0.745. The van der Waals surface area contributed by atoms with Crippen molar-refractivity contribution in [2.75, 3.05) is 9.80 Å². The van der Waals surface area contributed by atoms with E-state index in [1.165, 1.54) is 24.3 Å². The lowest BCUT2D eigenvalue weighted by molar-refractivity contribution is -0.399. The van der Waals surface area contributed by atoms with E-state index in [0.717, 1.165) is 17.0 Å². The molecule has 2 heterocycles. The first-order valence-electron chi connectivity index (χ1n) is 21.7. The maximum absolute atomic E-state index is 17.0. The van der Waals surface area contributed by atoms with Crippen LogP contribution in [0.2, 0.25) is 0 Å². The summed E-state index contributed by atoms with van der Waals surface area (Å²) in [6.45, 7) is 14.6. The van der Waals surface area contributed by atoms with Crippen molar-refractivity contribution >= 4 is 78.1 Å². The van der Waals surface area contributed by atoms with Gasteiger partial charge in [0.25, 0.3) is 23.6 Å². The van der Waals surface area contributed by atoms with E-state index in [9.17, 15) is 41.1 Å². The summed E-state index contributed by atoms with van der Waals surface area (Å²) >= 11 is 0. The minimum absolute atomic E-state index is 0.0772. The average molecular weight is 929 g/mol. The van der Waals surface area contributed by atoms with Gasteiger partial charge in [-0.25, -0.2) is 9.80 Å². The number of anilines is 2. The molecule has 0 saturated carbocycles. The van der Waals surface area contributed by atoms with Gasteiger partial charge in [-0.05, 0) is 97.1 Å². The molecule has 4 amide bonds. The quantitative estimate of drug-likeness (QED) is 0.0625. The Hall–Kier alpha value is -6.51. The number of para-hydroxylation sites is 2. The van der Waals surface area contributed by atoms with Gasteiger partial charge in [0.1, 0.15) is 0 Å². The van der Waals surface area contributed by atoms with Crippen LogP contribution >= 0.6 is 0 Å². The molecular formula is C52H41F9N2O4. The molecule has 15 heteroatoms. The maximum Gasteiger partial charge on any atom is 0.460 e. The Balaban J connectivity index is 1.42. The third kappa shape index (κ3) is 5.97. The number of rotatable bonds is 9. The van der Waals surface area contributed by atoms with E-state index in [0.29, 0.717) is 32.8 Å². The zero-order valence-corrected chi connectivity index (χ0v) is 37.2. The highest BCUT2D eigenvalue weighted by atomic mass is 19.4. The van der Waals surface area contributed by atoms with E-state index in [-0.39, 0.29) is 79.0 Å². The fraction of sp³-hybridized carbons (Fsp3) is 0.308. The molecule has 0 unspecified atom stereocenters. The second kappa shape index (κ2) is 14.7. The first-order valence-corrected chi connectivity index (χ1v) is 21.7. The van der Waals surface area contributed by atoms with Crippen LogP contribution in [-0.4, -0.2) is 41.7 Å². The van der Waals surface area contributed by atoms with Crippen LogP contribution in [0, 0.1) is 0 Å². The van der Waals surface area contributed by atoms with Crippen molar-refractivity contribution in [1.29, 1.82) is 0 Å². The Morgan fingerprint density at radius 3 is 1.10 bits per heavy atom. The number of imide groups is 2. The third-order valence-electron chi connectivity index (χ3n) is 13.4. The van der Waals surface area contributed by atoms with Crippen LogP contribution in [0.25, 0.3) is 43.1 Å². The van der Waals surface area contributed by atoms with Gasteiger partial charge in [0.05, 0.1) is 11.4 Å². The van der Waals surface area contributed by atoms with E-state index in [4.69, 9.17) is 0 Å². The summed E-state index contributed by atoms with van der Waals surface area (Å²) in [7, 11) is 0. The minimum Gasteiger partial charge on any atom is -0.268 e. The van der Waals surface area contributed by atoms with Gasteiger partial charge >= 0.3 is 23.9 Å². The number of carbonyl (C=O) groups excluding carboxylic acids is 4. The fourth-order valence-corrected chi connectivity index (χ4v) is 10.1. The van der Waals surface area contributed by atoms with E-state index in [1.807, 2.05) is 27.7 Å². The summed E-state index contributed by atoms with van der Waals surface area (Å²) in [5.74, 6) is -25.8. The molecule has 6 nitrogen and oxygen atoms in total. The Labute approximate surface area is 377 Å². The highest BCUT2D eigenvalue weighted by Gasteiger charge is 2.82. The summed E-state index contributed by atoms with van der Waals surface area (Å²) in [5, 5.41) is -2.48. The molecular weight excluding hydrogens is 888 g/mol. The van der Waals surface area contributed by atoms with Gasteiger partial charge in [0, 0.05) is 44.0 Å². The second-order valence-electron chi connectivity index (χ2n) is 18.6. The van der Waals surface area contributed by atoms with Crippen LogP contribution < -0.4 is 9.80 Å². The van der Waals surface area contributed by atoms with Crippen molar-refractivity contribution in [3.8, 4) is 0 Å². The molecule has 346 valence electrons. The molecule has 0 saturated heterocycles. The number of fused-ring (bicyclic) bond motifs is 2.